The first kappa shape index (κ1) is 24.2. The van der Waals surface area contributed by atoms with E-state index in [9.17, 15) is 18.0 Å². The number of hydrogen-bond acceptors (Lipinski definition) is 5. The number of carbonyl (C=O) groups excluding carboxylic acids is 1. The van der Waals surface area contributed by atoms with E-state index in [0.29, 0.717) is 11.6 Å². The van der Waals surface area contributed by atoms with Crippen LogP contribution in [0.3, 0.4) is 0 Å². The molecular weight excluding hydrogens is 465 g/mol. The quantitative estimate of drug-likeness (QED) is 0.609. The molecule has 1 aliphatic rings. The molecule has 0 atom stereocenters. The maximum Gasteiger partial charge on any atom is 0.490 e. The minimum atomic E-state index is -5.08. The Bertz CT molecular complexity index is 1080. The fourth-order valence-electron chi connectivity index (χ4n) is 3.25. The fourth-order valence-corrected chi connectivity index (χ4v) is 3.44. The van der Waals surface area contributed by atoms with Crippen molar-refractivity contribution in [3.05, 3.63) is 54.2 Å². The number of nitrogens with zero attached hydrogens (tertiary/aromatic N) is 6. The summed E-state index contributed by atoms with van der Waals surface area (Å²) < 4.78 is 35.4. The van der Waals surface area contributed by atoms with E-state index >= 15 is 0 Å². The van der Waals surface area contributed by atoms with Crippen LogP contribution < -0.4 is 0 Å². The summed E-state index contributed by atoms with van der Waals surface area (Å²) >= 11 is 6.05. The third-order valence-corrected chi connectivity index (χ3v) is 5.18. The van der Waals surface area contributed by atoms with Crippen molar-refractivity contribution in [2.24, 2.45) is 0 Å². The van der Waals surface area contributed by atoms with Gasteiger partial charge in [-0.15, -0.1) is 5.10 Å². The molecule has 176 valence electrons. The molecule has 0 saturated carbocycles. The van der Waals surface area contributed by atoms with Crippen LogP contribution in [-0.2, 0) is 16.1 Å². The second-order valence-corrected chi connectivity index (χ2v) is 7.68. The number of imidazole rings is 1. The van der Waals surface area contributed by atoms with Crippen LogP contribution in [0, 0.1) is 0 Å². The van der Waals surface area contributed by atoms with E-state index in [0.717, 1.165) is 37.2 Å². The highest BCUT2D eigenvalue weighted by molar-refractivity contribution is 6.30. The molecule has 13 heteroatoms. The molecule has 0 spiro atoms. The number of amides is 1. The van der Waals surface area contributed by atoms with Gasteiger partial charge in [0.25, 0.3) is 0 Å². The minimum absolute atomic E-state index is 0.125. The second-order valence-electron chi connectivity index (χ2n) is 7.24. The number of aliphatic carboxylic acids is 1. The van der Waals surface area contributed by atoms with Gasteiger partial charge in [0.1, 0.15) is 12.2 Å². The number of piperidine rings is 1. The number of aromatic nitrogens is 5. The van der Waals surface area contributed by atoms with Gasteiger partial charge in [0.15, 0.2) is 0 Å². The minimum Gasteiger partial charge on any atom is -0.475 e. The van der Waals surface area contributed by atoms with E-state index in [1.165, 1.54) is 0 Å². The first-order valence-electron chi connectivity index (χ1n) is 9.85. The zero-order valence-corrected chi connectivity index (χ0v) is 17.9. The highest BCUT2D eigenvalue weighted by atomic mass is 35.5. The third-order valence-electron chi connectivity index (χ3n) is 4.94. The molecule has 0 aliphatic carbocycles. The molecule has 9 nitrogen and oxygen atoms in total. The van der Waals surface area contributed by atoms with Crippen LogP contribution in [0.25, 0.3) is 11.3 Å². The number of carboxylic acids is 1. The highest BCUT2D eigenvalue weighted by Crippen LogP contribution is 2.25. The average Bonchev–Trinajstić information content (AvgIpc) is 3.46. The van der Waals surface area contributed by atoms with Crippen molar-refractivity contribution in [1.82, 2.24) is 29.4 Å². The predicted octanol–water partition coefficient (Wildman–Crippen LogP) is 3.29. The van der Waals surface area contributed by atoms with Crippen LogP contribution >= 0.6 is 11.6 Å². The van der Waals surface area contributed by atoms with Gasteiger partial charge in [-0.1, -0.05) is 28.9 Å². The van der Waals surface area contributed by atoms with Gasteiger partial charge in [-0.2, -0.15) is 13.2 Å². The van der Waals surface area contributed by atoms with E-state index in [-0.39, 0.29) is 11.9 Å². The van der Waals surface area contributed by atoms with Gasteiger partial charge in [-0.25, -0.2) is 14.5 Å². The second kappa shape index (κ2) is 10.5. The first-order valence-corrected chi connectivity index (χ1v) is 10.2. The molecule has 1 aromatic carbocycles. The fraction of sp³-hybridized carbons (Fsp3) is 0.350. The molecule has 0 bridgehead atoms. The van der Waals surface area contributed by atoms with Crippen molar-refractivity contribution >= 4 is 23.5 Å². The zero-order valence-electron chi connectivity index (χ0n) is 17.2. The van der Waals surface area contributed by atoms with Crippen molar-refractivity contribution < 1.29 is 27.9 Å². The summed E-state index contributed by atoms with van der Waals surface area (Å²) in [5.74, 6) is -2.63. The van der Waals surface area contributed by atoms with E-state index in [1.807, 2.05) is 40.0 Å². The van der Waals surface area contributed by atoms with Crippen LogP contribution in [0.4, 0.5) is 13.2 Å². The van der Waals surface area contributed by atoms with Crippen LogP contribution in [0.5, 0.6) is 0 Å². The molecule has 1 amide bonds. The van der Waals surface area contributed by atoms with Crippen molar-refractivity contribution in [3.8, 4) is 11.3 Å². The van der Waals surface area contributed by atoms with Crippen LogP contribution in [0.1, 0.15) is 18.9 Å². The summed E-state index contributed by atoms with van der Waals surface area (Å²) in [5, 5.41) is 16.4. The number of alkyl halides is 3. The number of carbonyl (C=O) groups is 2. The molecule has 1 aliphatic heterocycles. The van der Waals surface area contributed by atoms with Gasteiger partial charge in [-0.3, -0.25) is 4.79 Å². The van der Waals surface area contributed by atoms with Crippen LogP contribution in [0.2, 0.25) is 5.02 Å². The Kier molecular flexibility index (Phi) is 7.69. The molecule has 3 heterocycles. The molecular formula is C20H20ClF3N6O3. The lowest BCUT2D eigenvalue weighted by Gasteiger charge is -2.31. The van der Waals surface area contributed by atoms with Gasteiger partial charge in [0.05, 0.1) is 18.6 Å². The molecule has 0 radical (unpaired) electrons. The van der Waals surface area contributed by atoms with Gasteiger partial charge >= 0.3 is 12.1 Å². The van der Waals surface area contributed by atoms with Crippen LogP contribution in [0.15, 0.2) is 49.2 Å². The Hall–Kier alpha value is -3.41. The highest BCUT2D eigenvalue weighted by Gasteiger charge is 2.38. The van der Waals surface area contributed by atoms with Crippen molar-refractivity contribution in [3.63, 3.8) is 0 Å². The third kappa shape index (κ3) is 6.78. The Morgan fingerprint density at radius 2 is 1.91 bits per heavy atom. The van der Waals surface area contributed by atoms with E-state index < -0.39 is 12.1 Å². The SMILES string of the molecule is O=C(Cn1ccnc1)N1CCC(n2cc(-c3cccc(Cl)c3)nn2)CC1.O=C(O)C(F)(F)F. The number of carboxylic acid groups (broad SMARTS) is 1. The molecule has 1 fully saturated rings. The molecule has 3 aromatic rings. The lowest BCUT2D eigenvalue weighted by atomic mass is 10.1. The standard InChI is InChI=1S/C18H19ClN6O.C2HF3O2/c19-15-3-1-2-14(10-15)17-11-25(22-21-17)16-4-7-24(8-5-16)18(26)12-23-9-6-20-13-23;3-2(4,5)1(6)7/h1-3,6,9-11,13,16H,4-5,7-8,12H2;(H,6,7). The summed E-state index contributed by atoms with van der Waals surface area (Å²) in [6, 6.07) is 7.85. The number of hydrogen-bond donors (Lipinski definition) is 1. The molecule has 1 saturated heterocycles. The van der Waals surface area contributed by atoms with Crippen molar-refractivity contribution in [2.75, 3.05) is 13.1 Å². The average molecular weight is 485 g/mol. The first-order chi connectivity index (χ1) is 15.6. The largest absolute Gasteiger partial charge is 0.490 e. The van der Waals surface area contributed by atoms with Gasteiger partial charge < -0.3 is 14.6 Å². The van der Waals surface area contributed by atoms with Crippen LogP contribution in [-0.4, -0.2) is 65.7 Å². The smallest absolute Gasteiger partial charge is 0.475 e. The molecule has 1 N–H and O–H groups in total. The summed E-state index contributed by atoms with van der Waals surface area (Å²) in [6.07, 6.45) is 3.76. The number of halogens is 4. The summed E-state index contributed by atoms with van der Waals surface area (Å²) in [6.45, 7) is 1.79. The molecule has 0 unspecified atom stereocenters. The lowest BCUT2D eigenvalue weighted by Crippen LogP contribution is -2.40. The Balaban J connectivity index is 0.000000383. The number of benzene rings is 1. The summed E-state index contributed by atoms with van der Waals surface area (Å²) in [7, 11) is 0. The predicted molar refractivity (Wildman–Crippen MR) is 111 cm³/mol. The molecule has 2 aromatic heterocycles. The lowest BCUT2D eigenvalue weighted by molar-refractivity contribution is -0.192. The van der Waals surface area contributed by atoms with E-state index in [1.54, 1.807) is 23.3 Å². The van der Waals surface area contributed by atoms with E-state index in [2.05, 4.69) is 15.3 Å². The molecule has 33 heavy (non-hydrogen) atoms. The maximum atomic E-state index is 12.4. The number of rotatable bonds is 4. The topological polar surface area (TPSA) is 106 Å². The maximum absolute atomic E-state index is 12.4. The van der Waals surface area contributed by atoms with Crippen molar-refractivity contribution in [2.45, 2.75) is 31.6 Å². The monoisotopic (exact) mass is 484 g/mol. The van der Waals surface area contributed by atoms with E-state index in [4.69, 9.17) is 21.5 Å². The normalized spacial score (nSPS) is 14.5. The Morgan fingerprint density at radius 3 is 2.48 bits per heavy atom. The van der Waals surface area contributed by atoms with Gasteiger partial charge in [0.2, 0.25) is 5.91 Å². The van der Waals surface area contributed by atoms with Crippen molar-refractivity contribution in [1.29, 1.82) is 0 Å². The number of likely N-dealkylation sites (tertiary alicyclic amines) is 1. The van der Waals surface area contributed by atoms with Gasteiger partial charge in [0, 0.05) is 36.1 Å². The van der Waals surface area contributed by atoms with Gasteiger partial charge in [-0.05, 0) is 25.0 Å². The summed E-state index contributed by atoms with van der Waals surface area (Å²) in [5.41, 5.74) is 1.77. The Morgan fingerprint density at radius 1 is 1.21 bits per heavy atom. The zero-order chi connectivity index (χ0) is 24.0. The molecule has 4 rings (SSSR count). The summed E-state index contributed by atoms with van der Waals surface area (Å²) in [4.78, 5) is 27.1. The Labute approximate surface area is 191 Å².